The normalized spacial score (nSPS) is 13.8. The van der Waals surface area contributed by atoms with Gasteiger partial charge in [-0.1, -0.05) is 29.8 Å². The summed E-state index contributed by atoms with van der Waals surface area (Å²) >= 11 is 5.95. The predicted molar refractivity (Wildman–Crippen MR) is 94.5 cm³/mol. The first-order valence-electron chi connectivity index (χ1n) is 7.74. The molecule has 3 amide bonds. The maximum Gasteiger partial charge on any atom is 0.322 e. The Balaban J connectivity index is 1.76. The third kappa shape index (κ3) is 3.36. The Hall–Kier alpha value is -2.53. The average molecular weight is 344 g/mol. The molecule has 0 bridgehead atoms. The van der Waals surface area contributed by atoms with Crippen LogP contribution in [-0.2, 0) is 6.54 Å². The summed E-state index contributed by atoms with van der Waals surface area (Å²) in [4.78, 5) is 26.0. The zero-order chi connectivity index (χ0) is 17.1. The topological polar surface area (TPSA) is 61.4 Å². The lowest BCUT2D eigenvalue weighted by atomic mass is 10.0. The summed E-state index contributed by atoms with van der Waals surface area (Å²) in [6.45, 7) is 3.47. The van der Waals surface area contributed by atoms with E-state index in [0.717, 1.165) is 16.8 Å². The van der Waals surface area contributed by atoms with Crippen LogP contribution in [0.3, 0.4) is 0 Å². The molecule has 3 rings (SSSR count). The number of anilines is 1. The first kappa shape index (κ1) is 16.3. The van der Waals surface area contributed by atoms with E-state index in [1.165, 1.54) is 0 Å². The van der Waals surface area contributed by atoms with E-state index in [0.29, 0.717) is 30.2 Å². The van der Waals surface area contributed by atoms with Gasteiger partial charge in [0.15, 0.2) is 0 Å². The van der Waals surface area contributed by atoms with E-state index in [1.807, 2.05) is 31.2 Å². The van der Waals surface area contributed by atoms with Gasteiger partial charge in [0.05, 0.1) is 0 Å². The maximum absolute atomic E-state index is 12.5. The van der Waals surface area contributed by atoms with Crippen molar-refractivity contribution in [2.24, 2.45) is 0 Å². The van der Waals surface area contributed by atoms with Gasteiger partial charge in [0, 0.05) is 35.9 Å². The van der Waals surface area contributed by atoms with Gasteiger partial charge in [-0.05, 0) is 42.3 Å². The van der Waals surface area contributed by atoms with Crippen molar-refractivity contribution in [2.75, 3.05) is 18.0 Å². The second kappa shape index (κ2) is 6.93. The van der Waals surface area contributed by atoms with E-state index in [1.54, 1.807) is 23.1 Å². The third-order valence-corrected chi connectivity index (χ3v) is 4.27. The van der Waals surface area contributed by atoms with Crippen LogP contribution in [0.5, 0.6) is 0 Å². The van der Waals surface area contributed by atoms with Crippen molar-refractivity contribution in [1.82, 2.24) is 10.6 Å². The molecule has 1 saturated heterocycles. The molecule has 24 heavy (non-hydrogen) atoms. The van der Waals surface area contributed by atoms with E-state index in [9.17, 15) is 9.59 Å². The molecule has 1 heterocycles. The molecule has 5 nitrogen and oxygen atoms in total. The second-order valence-electron chi connectivity index (χ2n) is 5.65. The van der Waals surface area contributed by atoms with Gasteiger partial charge in [-0.15, -0.1) is 0 Å². The Morgan fingerprint density at radius 1 is 1.29 bits per heavy atom. The fourth-order valence-corrected chi connectivity index (χ4v) is 3.00. The first-order chi connectivity index (χ1) is 11.6. The number of carbonyl (C=O) groups is 2. The number of nitrogens with zero attached hydrogens (tertiary/aromatic N) is 1. The smallest absolute Gasteiger partial charge is 0.322 e. The Bertz CT molecular complexity index is 792. The highest BCUT2D eigenvalue weighted by Crippen LogP contribution is 2.24. The summed E-state index contributed by atoms with van der Waals surface area (Å²) in [5.41, 5.74) is 3.05. The highest BCUT2D eigenvalue weighted by molar-refractivity contribution is 6.30. The van der Waals surface area contributed by atoms with Gasteiger partial charge in [-0.25, -0.2) is 4.79 Å². The molecular weight excluding hydrogens is 326 g/mol. The van der Waals surface area contributed by atoms with Crippen molar-refractivity contribution < 1.29 is 9.59 Å². The molecule has 0 saturated carbocycles. The minimum Gasteiger partial charge on any atom is -0.348 e. The molecule has 124 valence electrons. The van der Waals surface area contributed by atoms with Gasteiger partial charge in [-0.2, -0.15) is 0 Å². The number of carbonyl (C=O) groups excluding carboxylic acids is 2. The molecule has 6 heteroatoms. The highest BCUT2D eigenvalue weighted by atomic mass is 35.5. The first-order valence-corrected chi connectivity index (χ1v) is 8.11. The van der Waals surface area contributed by atoms with Crippen molar-refractivity contribution in [2.45, 2.75) is 13.5 Å². The molecule has 0 atom stereocenters. The van der Waals surface area contributed by atoms with Crippen molar-refractivity contribution >= 4 is 29.2 Å². The lowest BCUT2D eigenvalue weighted by Crippen LogP contribution is -2.29. The van der Waals surface area contributed by atoms with Gasteiger partial charge in [0.2, 0.25) is 0 Å². The molecular formula is C18H18ClN3O2. The van der Waals surface area contributed by atoms with Gasteiger partial charge in [-0.3, -0.25) is 9.69 Å². The van der Waals surface area contributed by atoms with Crippen molar-refractivity contribution in [1.29, 1.82) is 0 Å². The van der Waals surface area contributed by atoms with Crippen LogP contribution in [0.4, 0.5) is 10.5 Å². The standard InChI is InChI=1S/C18H18ClN3O2/c1-12-15(6-3-7-16(12)22-9-8-20-18(22)24)17(23)21-11-13-4-2-5-14(19)10-13/h2-7,10H,8-9,11H2,1H3,(H,20,24)(H,21,23). The Morgan fingerprint density at radius 3 is 2.79 bits per heavy atom. The lowest BCUT2D eigenvalue weighted by molar-refractivity contribution is 0.0950. The Labute approximate surface area is 145 Å². The summed E-state index contributed by atoms with van der Waals surface area (Å²) in [5.74, 6) is -0.172. The summed E-state index contributed by atoms with van der Waals surface area (Å²) in [5, 5.41) is 6.30. The average Bonchev–Trinajstić information content (AvgIpc) is 2.99. The minimum atomic E-state index is -0.172. The van der Waals surface area contributed by atoms with Crippen LogP contribution in [0, 0.1) is 6.92 Å². The maximum atomic E-state index is 12.5. The van der Waals surface area contributed by atoms with Crippen molar-refractivity contribution in [3.63, 3.8) is 0 Å². The van der Waals surface area contributed by atoms with Crippen LogP contribution in [0.15, 0.2) is 42.5 Å². The number of rotatable bonds is 4. The number of benzene rings is 2. The monoisotopic (exact) mass is 343 g/mol. The van der Waals surface area contributed by atoms with Crippen LogP contribution < -0.4 is 15.5 Å². The van der Waals surface area contributed by atoms with E-state index in [-0.39, 0.29) is 11.9 Å². The van der Waals surface area contributed by atoms with Crippen LogP contribution in [0.1, 0.15) is 21.5 Å². The summed E-state index contributed by atoms with van der Waals surface area (Å²) in [7, 11) is 0. The van der Waals surface area contributed by atoms with Gasteiger partial charge in [0.25, 0.3) is 5.91 Å². The number of urea groups is 1. The fraction of sp³-hybridized carbons (Fsp3) is 0.222. The van der Waals surface area contributed by atoms with Crippen molar-refractivity contribution in [3.05, 3.63) is 64.2 Å². The third-order valence-electron chi connectivity index (χ3n) is 4.04. The van der Waals surface area contributed by atoms with E-state index >= 15 is 0 Å². The molecule has 1 aliphatic heterocycles. The zero-order valence-electron chi connectivity index (χ0n) is 13.3. The largest absolute Gasteiger partial charge is 0.348 e. The van der Waals surface area contributed by atoms with Crippen molar-refractivity contribution in [3.8, 4) is 0 Å². The Morgan fingerprint density at radius 2 is 2.08 bits per heavy atom. The van der Waals surface area contributed by atoms with Gasteiger partial charge < -0.3 is 10.6 Å². The highest BCUT2D eigenvalue weighted by Gasteiger charge is 2.24. The van der Waals surface area contributed by atoms with Crippen LogP contribution >= 0.6 is 11.6 Å². The summed E-state index contributed by atoms with van der Waals surface area (Å²) in [6, 6.07) is 12.7. The molecule has 0 spiro atoms. The minimum absolute atomic E-state index is 0.130. The van der Waals surface area contributed by atoms with Crippen LogP contribution in [-0.4, -0.2) is 25.0 Å². The van der Waals surface area contributed by atoms with E-state index in [4.69, 9.17) is 11.6 Å². The second-order valence-corrected chi connectivity index (χ2v) is 6.08. The van der Waals surface area contributed by atoms with Crippen LogP contribution in [0.25, 0.3) is 0 Å². The predicted octanol–water partition coefficient (Wildman–Crippen LogP) is 3.11. The van der Waals surface area contributed by atoms with E-state index < -0.39 is 0 Å². The fourth-order valence-electron chi connectivity index (χ4n) is 2.79. The van der Waals surface area contributed by atoms with Gasteiger partial charge in [0.1, 0.15) is 0 Å². The lowest BCUT2D eigenvalue weighted by Gasteiger charge is -2.19. The van der Waals surface area contributed by atoms with E-state index in [2.05, 4.69) is 10.6 Å². The molecule has 0 aliphatic carbocycles. The summed E-state index contributed by atoms with van der Waals surface area (Å²) < 4.78 is 0. The molecule has 2 aromatic carbocycles. The number of hydrogen-bond acceptors (Lipinski definition) is 2. The zero-order valence-corrected chi connectivity index (χ0v) is 14.1. The SMILES string of the molecule is Cc1c(C(=O)NCc2cccc(Cl)c2)cccc1N1CCNC1=O. The number of hydrogen-bond donors (Lipinski definition) is 2. The number of nitrogens with one attached hydrogen (secondary N) is 2. The molecule has 1 aliphatic rings. The quantitative estimate of drug-likeness (QED) is 0.896. The molecule has 2 N–H and O–H groups in total. The Kier molecular flexibility index (Phi) is 4.71. The molecule has 0 radical (unpaired) electrons. The number of halogens is 1. The van der Waals surface area contributed by atoms with Gasteiger partial charge >= 0.3 is 6.03 Å². The molecule has 2 aromatic rings. The summed E-state index contributed by atoms with van der Waals surface area (Å²) in [6.07, 6.45) is 0. The molecule has 0 aromatic heterocycles. The van der Waals surface area contributed by atoms with Crippen LogP contribution in [0.2, 0.25) is 5.02 Å². The molecule has 1 fully saturated rings. The molecule has 0 unspecified atom stereocenters. The number of amides is 3.